The van der Waals surface area contributed by atoms with Crippen LogP contribution in [-0.4, -0.2) is 23.7 Å². The van der Waals surface area contributed by atoms with Crippen molar-refractivity contribution in [1.82, 2.24) is 4.98 Å². The summed E-state index contributed by atoms with van der Waals surface area (Å²) < 4.78 is 5.96. The first-order chi connectivity index (χ1) is 12.9. The van der Waals surface area contributed by atoms with Crippen molar-refractivity contribution < 1.29 is 14.3 Å². The Bertz CT molecular complexity index is 990. The lowest BCUT2D eigenvalue weighted by Crippen LogP contribution is -2.27. The Hall–Kier alpha value is -3.34. The van der Waals surface area contributed by atoms with Crippen LogP contribution >= 0.6 is 0 Å². The zero-order chi connectivity index (χ0) is 19.6. The number of carbonyl (C=O) groups excluding carboxylic acids is 2. The summed E-state index contributed by atoms with van der Waals surface area (Å²) in [5.74, 6) is 0.979. The normalized spacial score (nSPS) is 10.5. The maximum absolute atomic E-state index is 13.1. The van der Waals surface area contributed by atoms with Crippen molar-refractivity contribution in [3.05, 3.63) is 77.1 Å². The zero-order valence-corrected chi connectivity index (χ0v) is 15.9. The van der Waals surface area contributed by atoms with E-state index >= 15 is 0 Å². The third-order valence-corrected chi connectivity index (χ3v) is 4.51. The van der Waals surface area contributed by atoms with E-state index in [1.807, 2.05) is 54.6 Å². The smallest absolute Gasteiger partial charge is 0.274 e. The summed E-state index contributed by atoms with van der Waals surface area (Å²) in [6.45, 7) is 5.09. The van der Waals surface area contributed by atoms with E-state index in [4.69, 9.17) is 4.74 Å². The fraction of sp³-hybridized carbons (Fsp3) is 0.182. The number of nitrogens with zero attached hydrogens (tertiary/aromatic N) is 1. The second-order valence-corrected chi connectivity index (χ2v) is 6.43. The molecule has 1 aromatic heterocycles. The van der Waals surface area contributed by atoms with Crippen LogP contribution in [-0.2, 0) is 0 Å². The van der Waals surface area contributed by atoms with Gasteiger partial charge in [0.15, 0.2) is 11.5 Å². The highest BCUT2D eigenvalue weighted by Gasteiger charge is 2.24. The number of Topliss-reactive ketones (excluding diaryl/α,β-unsaturated/α-hetero) is 1. The Kier molecular flexibility index (Phi) is 5.12. The molecule has 0 saturated carbocycles. The first kappa shape index (κ1) is 18.5. The van der Waals surface area contributed by atoms with Gasteiger partial charge in [0.1, 0.15) is 11.4 Å². The third kappa shape index (κ3) is 3.62. The SMILES string of the molecule is CC(=O)c1c(C)[nH]c(C(=O)N(C)c2ccccc2Oc2ccccc2)c1C. The highest BCUT2D eigenvalue weighted by molar-refractivity contribution is 6.09. The van der Waals surface area contributed by atoms with E-state index in [2.05, 4.69) is 4.98 Å². The molecule has 1 N–H and O–H groups in total. The summed E-state index contributed by atoms with van der Waals surface area (Å²) in [5.41, 5.74) is 2.99. The molecule has 138 valence electrons. The number of nitrogens with one attached hydrogen (secondary N) is 1. The Morgan fingerprint density at radius 1 is 0.963 bits per heavy atom. The van der Waals surface area contributed by atoms with Crippen LogP contribution in [0.5, 0.6) is 11.5 Å². The Morgan fingerprint density at radius 3 is 2.22 bits per heavy atom. The Morgan fingerprint density at radius 2 is 1.59 bits per heavy atom. The second-order valence-electron chi connectivity index (χ2n) is 6.43. The topological polar surface area (TPSA) is 62.4 Å². The molecule has 0 fully saturated rings. The van der Waals surface area contributed by atoms with E-state index in [0.717, 1.165) is 0 Å². The molecule has 0 aliphatic heterocycles. The molecule has 3 aromatic rings. The number of para-hydroxylation sites is 3. The fourth-order valence-corrected chi connectivity index (χ4v) is 3.21. The van der Waals surface area contributed by atoms with E-state index < -0.39 is 0 Å². The maximum Gasteiger partial charge on any atom is 0.274 e. The van der Waals surface area contributed by atoms with Gasteiger partial charge in [-0.15, -0.1) is 0 Å². The molecule has 27 heavy (non-hydrogen) atoms. The molecule has 1 heterocycles. The van der Waals surface area contributed by atoms with E-state index in [1.54, 1.807) is 20.9 Å². The second kappa shape index (κ2) is 7.50. The molecule has 0 aliphatic carbocycles. The van der Waals surface area contributed by atoms with Crippen molar-refractivity contribution in [1.29, 1.82) is 0 Å². The molecule has 5 nitrogen and oxygen atoms in total. The molecule has 0 bridgehead atoms. The summed E-state index contributed by atoms with van der Waals surface area (Å²) in [6.07, 6.45) is 0. The number of aromatic amines is 1. The van der Waals surface area contributed by atoms with Gasteiger partial charge in [-0.1, -0.05) is 30.3 Å². The lowest BCUT2D eigenvalue weighted by molar-refractivity contribution is 0.0987. The number of aromatic nitrogens is 1. The first-order valence-electron chi connectivity index (χ1n) is 8.70. The van der Waals surface area contributed by atoms with Crippen molar-refractivity contribution in [2.75, 3.05) is 11.9 Å². The highest BCUT2D eigenvalue weighted by Crippen LogP contribution is 2.32. The number of amides is 1. The van der Waals surface area contributed by atoms with Gasteiger partial charge in [-0.25, -0.2) is 0 Å². The molecule has 0 saturated heterocycles. The number of ketones is 1. The molecule has 0 radical (unpaired) electrons. The molecule has 0 unspecified atom stereocenters. The van der Waals surface area contributed by atoms with Crippen molar-refractivity contribution in [3.63, 3.8) is 0 Å². The molecule has 0 aliphatic rings. The number of aryl methyl sites for hydroxylation is 1. The fourth-order valence-electron chi connectivity index (χ4n) is 3.21. The minimum Gasteiger partial charge on any atom is -0.455 e. The molecule has 0 atom stereocenters. The molecular weight excluding hydrogens is 340 g/mol. The van der Waals surface area contributed by atoms with Gasteiger partial charge in [0.25, 0.3) is 5.91 Å². The number of hydrogen-bond acceptors (Lipinski definition) is 3. The van der Waals surface area contributed by atoms with E-state index in [0.29, 0.717) is 39.7 Å². The molecule has 0 spiro atoms. The summed E-state index contributed by atoms with van der Waals surface area (Å²) in [5, 5.41) is 0. The summed E-state index contributed by atoms with van der Waals surface area (Å²) in [6, 6.07) is 16.8. The van der Waals surface area contributed by atoms with Crippen molar-refractivity contribution in [2.45, 2.75) is 20.8 Å². The van der Waals surface area contributed by atoms with Gasteiger partial charge in [-0.3, -0.25) is 9.59 Å². The average molecular weight is 362 g/mol. The molecular formula is C22H22N2O3. The number of H-pyrrole nitrogens is 1. The van der Waals surface area contributed by atoms with E-state index in [1.165, 1.54) is 11.8 Å². The Labute approximate surface area is 158 Å². The Balaban J connectivity index is 1.95. The molecule has 3 rings (SSSR count). The predicted octanol–water partition coefficient (Wildman–Crippen LogP) is 4.90. The van der Waals surface area contributed by atoms with Crippen LogP contribution in [0.2, 0.25) is 0 Å². The van der Waals surface area contributed by atoms with Gasteiger partial charge >= 0.3 is 0 Å². The van der Waals surface area contributed by atoms with Crippen molar-refractivity contribution in [3.8, 4) is 11.5 Å². The number of benzene rings is 2. The number of hydrogen-bond donors (Lipinski definition) is 1. The lowest BCUT2D eigenvalue weighted by atomic mass is 10.1. The molecule has 1 amide bonds. The highest BCUT2D eigenvalue weighted by atomic mass is 16.5. The molecule has 5 heteroatoms. The van der Waals surface area contributed by atoms with E-state index in [9.17, 15) is 9.59 Å². The maximum atomic E-state index is 13.1. The summed E-state index contributed by atoms with van der Waals surface area (Å²) >= 11 is 0. The number of ether oxygens (including phenoxy) is 1. The number of carbonyl (C=O) groups is 2. The van der Waals surface area contributed by atoms with Gasteiger partial charge in [0.05, 0.1) is 5.69 Å². The van der Waals surface area contributed by atoms with Gasteiger partial charge in [-0.2, -0.15) is 0 Å². The predicted molar refractivity (Wildman–Crippen MR) is 106 cm³/mol. The van der Waals surface area contributed by atoms with Crippen LogP contribution in [0.15, 0.2) is 54.6 Å². The average Bonchev–Trinajstić information content (AvgIpc) is 2.96. The molecule has 2 aromatic carbocycles. The number of rotatable bonds is 5. The van der Waals surface area contributed by atoms with Gasteiger partial charge in [0.2, 0.25) is 0 Å². The first-order valence-corrected chi connectivity index (χ1v) is 8.70. The van der Waals surface area contributed by atoms with Crippen LogP contribution in [0.1, 0.15) is 39.0 Å². The summed E-state index contributed by atoms with van der Waals surface area (Å²) in [4.78, 5) is 29.5. The minimum absolute atomic E-state index is 0.0595. The monoisotopic (exact) mass is 362 g/mol. The van der Waals surface area contributed by atoms with Crippen LogP contribution in [0.4, 0.5) is 5.69 Å². The van der Waals surface area contributed by atoms with E-state index in [-0.39, 0.29) is 11.7 Å². The van der Waals surface area contributed by atoms with Crippen LogP contribution in [0.3, 0.4) is 0 Å². The third-order valence-electron chi connectivity index (χ3n) is 4.51. The number of anilines is 1. The van der Waals surface area contributed by atoms with Crippen molar-refractivity contribution in [2.24, 2.45) is 0 Å². The minimum atomic E-state index is -0.229. The van der Waals surface area contributed by atoms with Crippen molar-refractivity contribution >= 4 is 17.4 Å². The van der Waals surface area contributed by atoms with Crippen LogP contribution < -0.4 is 9.64 Å². The standard InChI is InChI=1S/C22H22N2O3/c1-14-20(16(3)25)15(2)23-21(14)22(26)24(4)18-12-8-9-13-19(18)27-17-10-6-5-7-11-17/h5-13,23H,1-4H3. The van der Waals surface area contributed by atoms with Gasteiger partial charge in [-0.05, 0) is 50.6 Å². The quantitative estimate of drug-likeness (QED) is 0.657. The zero-order valence-electron chi connectivity index (χ0n) is 15.9. The van der Waals surface area contributed by atoms with Crippen LogP contribution in [0, 0.1) is 13.8 Å². The summed E-state index contributed by atoms with van der Waals surface area (Å²) in [7, 11) is 1.69. The van der Waals surface area contributed by atoms with Gasteiger partial charge < -0.3 is 14.6 Å². The largest absolute Gasteiger partial charge is 0.455 e. The lowest BCUT2D eigenvalue weighted by Gasteiger charge is -2.20. The van der Waals surface area contributed by atoms with Crippen LogP contribution in [0.25, 0.3) is 0 Å². The van der Waals surface area contributed by atoms with Gasteiger partial charge in [0, 0.05) is 18.3 Å².